The number of rotatable bonds is 7. The van der Waals surface area contributed by atoms with E-state index in [1.165, 1.54) is 36.1 Å². The van der Waals surface area contributed by atoms with Crippen LogP contribution in [0.1, 0.15) is 38.5 Å². The largest absolute Gasteiger partial charge is 0.378 e. The highest BCUT2D eigenvalue weighted by molar-refractivity contribution is 5.82. The van der Waals surface area contributed by atoms with E-state index in [-0.39, 0.29) is 17.8 Å². The molecule has 0 radical (unpaired) electrons. The lowest BCUT2D eigenvalue weighted by Gasteiger charge is -2.21. The van der Waals surface area contributed by atoms with Gasteiger partial charge in [-0.05, 0) is 36.8 Å². The van der Waals surface area contributed by atoms with Gasteiger partial charge in [-0.15, -0.1) is 0 Å². The van der Waals surface area contributed by atoms with Gasteiger partial charge in [0, 0.05) is 19.3 Å². The van der Waals surface area contributed by atoms with Crippen LogP contribution in [-0.4, -0.2) is 29.7 Å². The Balaban J connectivity index is 1.46. The number of carbonyl (C=O) groups excluding carboxylic acids is 1. The number of nitrogens with one attached hydrogen (secondary N) is 1. The first-order chi connectivity index (χ1) is 12.6. The van der Waals surface area contributed by atoms with Gasteiger partial charge in [0.15, 0.2) is 0 Å². The minimum atomic E-state index is -0.567. The molecule has 0 spiro atoms. The van der Waals surface area contributed by atoms with E-state index in [2.05, 4.69) is 5.32 Å². The molecule has 1 fully saturated rings. The molecule has 26 heavy (non-hydrogen) atoms. The van der Waals surface area contributed by atoms with E-state index in [1.54, 1.807) is 18.2 Å². The summed E-state index contributed by atoms with van der Waals surface area (Å²) in [6, 6.07) is 6.13. The molecule has 0 unspecified atom stereocenters. The van der Waals surface area contributed by atoms with Crippen molar-refractivity contribution in [3.63, 3.8) is 0 Å². The smallest absolute Gasteiger partial charge is 0.261 e. The number of hydrogen-bond acceptors (Lipinski definition) is 3. The second-order valence-corrected chi connectivity index (χ2v) is 6.79. The number of ether oxygens (including phenoxy) is 1. The van der Waals surface area contributed by atoms with Gasteiger partial charge in [0.25, 0.3) is 5.56 Å². The Hall–Kier alpha value is -2.21. The highest BCUT2D eigenvalue weighted by Gasteiger charge is 2.13. The molecule has 1 amide bonds. The fraction of sp³-hybridized carbons (Fsp3) is 0.500. The van der Waals surface area contributed by atoms with Crippen molar-refractivity contribution >= 4 is 16.7 Å². The minimum Gasteiger partial charge on any atom is -0.378 e. The Morgan fingerprint density at radius 3 is 2.85 bits per heavy atom. The number of nitrogens with zero attached hydrogens (tertiary/aromatic N) is 1. The predicted molar refractivity (Wildman–Crippen MR) is 98.6 cm³/mol. The third-order valence-electron chi connectivity index (χ3n) is 4.82. The van der Waals surface area contributed by atoms with Gasteiger partial charge >= 0.3 is 0 Å². The maximum atomic E-state index is 13.9. The SMILES string of the molecule is O=C(Cn1ccc2cccc(F)c2c1=O)NCCCOC1CCCCC1. The van der Waals surface area contributed by atoms with Gasteiger partial charge in [0.2, 0.25) is 5.91 Å². The van der Waals surface area contributed by atoms with Crippen molar-refractivity contribution in [2.75, 3.05) is 13.2 Å². The molecule has 0 aliphatic heterocycles. The maximum Gasteiger partial charge on any atom is 0.261 e. The molecule has 2 aromatic rings. The molecule has 1 heterocycles. The lowest BCUT2D eigenvalue weighted by Crippen LogP contribution is -2.33. The Morgan fingerprint density at radius 1 is 1.23 bits per heavy atom. The molecular weight excluding hydrogens is 335 g/mol. The fourth-order valence-corrected chi connectivity index (χ4v) is 3.40. The summed E-state index contributed by atoms with van der Waals surface area (Å²) in [5, 5.41) is 3.34. The predicted octanol–water partition coefficient (Wildman–Crippen LogP) is 3.00. The van der Waals surface area contributed by atoms with Crippen LogP contribution in [0.5, 0.6) is 0 Å². The van der Waals surface area contributed by atoms with Gasteiger partial charge in [-0.2, -0.15) is 0 Å². The van der Waals surface area contributed by atoms with E-state index in [9.17, 15) is 14.0 Å². The molecule has 1 aliphatic carbocycles. The molecular formula is C20H25FN2O3. The van der Waals surface area contributed by atoms with E-state index in [0.717, 1.165) is 19.3 Å². The molecule has 1 aromatic carbocycles. The lowest BCUT2D eigenvalue weighted by atomic mass is 9.98. The number of fused-ring (bicyclic) bond motifs is 1. The van der Waals surface area contributed by atoms with E-state index in [4.69, 9.17) is 4.74 Å². The van der Waals surface area contributed by atoms with Gasteiger partial charge in [-0.1, -0.05) is 31.4 Å². The average Bonchev–Trinajstić information content (AvgIpc) is 2.65. The summed E-state index contributed by atoms with van der Waals surface area (Å²) < 4.78 is 20.9. The van der Waals surface area contributed by atoms with Gasteiger partial charge in [0.05, 0.1) is 11.5 Å². The standard InChI is InChI=1S/C20H25FN2O3/c21-17-9-4-6-15-10-12-23(20(25)19(15)17)14-18(24)22-11-5-13-26-16-7-2-1-3-8-16/h4,6,9-10,12,16H,1-3,5,7-8,11,13-14H2,(H,22,24). The quantitative estimate of drug-likeness (QED) is 0.772. The minimum absolute atomic E-state index is 0.0173. The summed E-state index contributed by atoms with van der Waals surface area (Å²) in [5.41, 5.74) is -0.489. The summed E-state index contributed by atoms with van der Waals surface area (Å²) in [7, 11) is 0. The Bertz CT molecular complexity index is 812. The zero-order valence-corrected chi connectivity index (χ0v) is 14.9. The van der Waals surface area contributed by atoms with Gasteiger partial charge in [-0.25, -0.2) is 4.39 Å². The summed E-state index contributed by atoms with van der Waals surface area (Å²) in [5.74, 6) is -0.831. The molecule has 1 aliphatic rings. The van der Waals surface area contributed by atoms with Crippen LogP contribution in [0.25, 0.3) is 10.8 Å². The molecule has 3 rings (SSSR count). The van der Waals surface area contributed by atoms with Crippen molar-refractivity contribution in [2.24, 2.45) is 0 Å². The number of hydrogen-bond donors (Lipinski definition) is 1. The number of halogens is 1. The van der Waals surface area contributed by atoms with E-state index >= 15 is 0 Å². The Labute approximate surface area is 152 Å². The van der Waals surface area contributed by atoms with Crippen molar-refractivity contribution in [3.8, 4) is 0 Å². The second kappa shape index (κ2) is 8.94. The summed E-state index contributed by atoms with van der Waals surface area (Å²) >= 11 is 0. The first-order valence-electron chi connectivity index (χ1n) is 9.31. The van der Waals surface area contributed by atoms with Gasteiger partial charge in [0.1, 0.15) is 12.4 Å². The van der Waals surface area contributed by atoms with Crippen LogP contribution in [0.2, 0.25) is 0 Å². The summed E-state index contributed by atoms with van der Waals surface area (Å²) in [4.78, 5) is 24.4. The lowest BCUT2D eigenvalue weighted by molar-refractivity contribution is -0.121. The molecule has 1 saturated carbocycles. The molecule has 0 bridgehead atoms. The van der Waals surface area contributed by atoms with Crippen LogP contribution in [-0.2, 0) is 16.1 Å². The second-order valence-electron chi connectivity index (χ2n) is 6.79. The third kappa shape index (κ3) is 4.69. The molecule has 140 valence electrons. The van der Waals surface area contributed by atoms with Crippen LogP contribution in [0.3, 0.4) is 0 Å². The van der Waals surface area contributed by atoms with Crippen LogP contribution in [0.4, 0.5) is 4.39 Å². The number of pyridine rings is 1. The highest BCUT2D eigenvalue weighted by atomic mass is 19.1. The van der Waals surface area contributed by atoms with E-state index < -0.39 is 11.4 Å². The summed E-state index contributed by atoms with van der Waals surface area (Å²) in [6.07, 6.45) is 8.67. The summed E-state index contributed by atoms with van der Waals surface area (Å²) in [6.45, 7) is 1.01. The molecule has 1 N–H and O–H groups in total. The van der Waals surface area contributed by atoms with Crippen LogP contribution >= 0.6 is 0 Å². The fourth-order valence-electron chi connectivity index (χ4n) is 3.40. The molecule has 1 aromatic heterocycles. The van der Waals surface area contributed by atoms with Crippen molar-refractivity contribution in [1.82, 2.24) is 9.88 Å². The first kappa shape index (κ1) is 18.6. The van der Waals surface area contributed by atoms with Crippen molar-refractivity contribution in [3.05, 3.63) is 46.6 Å². The monoisotopic (exact) mass is 360 g/mol. The van der Waals surface area contributed by atoms with Crippen molar-refractivity contribution < 1.29 is 13.9 Å². The third-order valence-corrected chi connectivity index (χ3v) is 4.82. The van der Waals surface area contributed by atoms with E-state index in [0.29, 0.717) is 24.6 Å². The average molecular weight is 360 g/mol. The topological polar surface area (TPSA) is 60.3 Å². The van der Waals surface area contributed by atoms with Crippen LogP contribution < -0.4 is 10.9 Å². The molecule has 6 heteroatoms. The van der Waals surface area contributed by atoms with Gasteiger partial charge in [-0.3, -0.25) is 9.59 Å². The normalized spacial score (nSPS) is 15.3. The number of benzene rings is 1. The maximum absolute atomic E-state index is 13.9. The number of aromatic nitrogens is 1. The highest BCUT2D eigenvalue weighted by Crippen LogP contribution is 2.20. The molecule has 5 nitrogen and oxygen atoms in total. The molecule has 0 atom stereocenters. The first-order valence-corrected chi connectivity index (χ1v) is 9.31. The number of amides is 1. The zero-order chi connectivity index (χ0) is 18.4. The van der Waals surface area contributed by atoms with E-state index in [1.807, 2.05) is 0 Å². The van der Waals surface area contributed by atoms with Crippen LogP contribution in [0.15, 0.2) is 35.3 Å². The zero-order valence-electron chi connectivity index (χ0n) is 14.9. The Morgan fingerprint density at radius 2 is 2.04 bits per heavy atom. The Kier molecular flexibility index (Phi) is 6.39. The van der Waals surface area contributed by atoms with Crippen molar-refractivity contribution in [1.29, 1.82) is 0 Å². The van der Waals surface area contributed by atoms with Crippen LogP contribution in [0, 0.1) is 5.82 Å². The molecule has 0 saturated heterocycles. The van der Waals surface area contributed by atoms with Crippen molar-refractivity contribution in [2.45, 2.75) is 51.2 Å². The van der Waals surface area contributed by atoms with Gasteiger partial charge < -0.3 is 14.6 Å². The number of carbonyl (C=O) groups is 1.